The van der Waals surface area contributed by atoms with Crippen molar-refractivity contribution in [2.45, 2.75) is 39.2 Å². The first kappa shape index (κ1) is 17.9. The summed E-state index contributed by atoms with van der Waals surface area (Å²) in [4.78, 5) is 34.3. The highest BCUT2D eigenvalue weighted by Crippen LogP contribution is 2.31. The molecule has 26 heavy (non-hydrogen) atoms. The van der Waals surface area contributed by atoms with Gasteiger partial charge in [0.1, 0.15) is 5.75 Å². The number of oxazole rings is 1. The number of carbonyl (C=O) groups excluding carboxylic acids is 1. The second-order valence-corrected chi connectivity index (χ2v) is 6.50. The summed E-state index contributed by atoms with van der Waals surface area (Å²) in [6.07, 6.45) is 1.58. The SMILES string of the molecule is Cc1ccc(OC2(C(=O)O)CCN(C(=O)c3ocnc3C)CC2)c(C)n1. The van der Waals surface area contributed by atoms with Gasteiger partial charge >= 0.3 is 5.97 Å². The number of carboxylic acids is 1. The lowest BCUT2D eigenvalue weighted by Crippen LogP contribution is -2.54. The van der Waals surface area contributed by atoms with E-state index in [-0.39, 0.29) is 37.6 Å². The van der Waals surface area contributed by atoms with E-state index in [2.05, 4.69) is 9.97 Å². The molecule has 1 amide bonds. The number of aliphatic carboxylic acids is 1. The number of pyridine rings is 1. The maximum atomic E-state index is 12.5. The number of carboxylic acid groups (broad SMARTS) is 1. The van der Waals surface area contributed by atoms with Crippen molar-refractivity contribution < 1.29 is 23.8 Å². The number of piperidine rings is 1. The summed E-state index contributed by atoms with van der Waals surface area (Å²) >= 11 is 0. The summed E-state index contributed by atoms with van der Waals surface area (Å²) < 4.78 is 11.0. The number of nitrogens with zero attached hydrogens (tertiary/aromatic N) is 3. The Morgan fingerprint density at radius 2 is 1.88 bits per heavy atom. The molecule has 8 nitrogen and oxygen atoms in total. The fourth-order valence-electron chi connectivity index (χ4n) is 3.07. The van der Waals surface area contributed by atoms with Gasteiger partial charge in [-0.05, 0) is 32.9 Å². The Balaban J connectivity index is 1.76. The molecule has 1 N–H and O–H groups in total. The number of aryl methyl sites for hydroxylation is 3. The van der Waals surface area contributed by atoms with Gasteiger partial charge in [-0.25, -0.2) is 9.78 Å². The van der Waals surface area contributed by atoms with Crippen molar-refractivity contribution >= 4 is 11.9 Å². The molecule has 1 aliphatic heterocycles. The minimum atomic E-state index is -1.38. The summed E-state index contributed by atoms with van der Waals surface area (Å²) in [5, 5.41) is 9.77. The average Bonchev–Trinajstić information content (AvgIpc) is 3.03. The van der Waals surface area contributed by atoms with Crippen molar-refractivity contribution in [1.29, 1.82) is 0 Å². The number of aromatic nitrogens is 2. The van der Waals surface area contributed by atoms with Crippen LogP contribution in [0.5, 0.6) is 5.75 Å². The molecular formula is C18H21N3O5. The summed E-state index contributed by atoms with van der Waals surface area (Å²) in [6.45, 7) is 5.84. The molecule has 0 unspecified atom stereocenters. The van der Waals surface area contributed by atoms with Gasteiger partial charge in [-0.1, -0.05) is 0 Å². The summed E-state index contributed by atoms with van der Waals surface area (Å²) in [5.74, 6) is -0.691. The van der Waals surface area contributed by atoms with E-state index in [0.29, 0.717) is 17.1 Å². The highest BCUT2D eigenvalue weighted by Gasteiger charge is 2.45. The van der Waals surface area contributed by atoms with Gasteiger partial charge < -0.3 is 19.2 Å². The lowest BCUT2D eigenvalue weighted by Gasteiger charge is -2.38. The molecule has 2 aromatic heterocycles. The summed E-state index contributed by atoms with van der Waals surface area (Å²) in [6, 6.07) is 3.51. The smallest absolute Gasteiger partial charge is 0.348 e. The van der Waals surface area contributed by atoms with Crippen LogP contribution in [0.25, 0.3) is 0 Å². The summed E-state index contributed by atoms with van der Waals surface area (Å²) in [5.41, 5.74) is 0.612. The highest BCUT2D eigenvalue weighted by molar-refractivity contribution is 5.92. The van der Waals surface area contributed by atoms with Crippen molar-refractivity contribution in [2.75, 3.05) is 13.1 Å². The number of hydrogen-bond acceptors (Lipinski definition) is 6. The molecule has 3 heterocycles. The molecule has 138 valence electrons. The molecule has 0 atom stereocenters. The monoisotopic (exact) mass is 359 g/mol. The fourth-order valence-corrected chi connectivity index (χ4v) is 3.07. The van der Waals surface area contributed by atoms with Gasteiger partial charge in [0, 0.05) is 31.6 Å². The average molecular weight is 359 g/mol. The molecular weight excluding hydrogens is 338 g/mol. The van der Waals surface area contributed by atoms with Crippen LogP contribution in [0.3, 0.4) is 0 Å². The zero-order chi connectivity index (χ0) is 18.9. The number of ether oxygens (including phenoxy) is 1. The third-order valence-electron chi connectivity index (χ3n) is 4.67. The summed E-state index contributed by atoms with van der Waals surface area (Å²) in [7, 11) is 0. The van der Waals surface area contributed by atoms with E-state index in [9.17, 15) is 14.7 Å². The maximum Gasteiger partial charge on any atom is 0.348 e. The minimum Gasteiger partial charge on any atom is -0.478 e. The van der Waals surface area contributed by atoms with Gasteiger partial charge in [0.15, 0.2) is 6.39 Å². The largest absolute Gasteiger partial charge is 0.478 e. The molecule has 0 spiro atoms. The van der Waals surface area contributed by atoms with Crippen LogP contribution < -0.4 is 4.74 Å². The van der Waals surface area contributed by atoms with Crippen LogP contribution in [0, 0.1) is 20.8 Å². The second-order valence-electron chi connectivity index (χ2n) is 6.50. The first-order valence-electron chi connectivity index (χ1n) is 8.38. The van der Waals surface area contributed by atoms with E-state index in [1.165, 1.54) is 6.39 Å². The van der Waals surface area contributed by atoms with E-state index in [4.69, 9.17) is 9.15 Å². The standard InChI is InChI=1S/C18H21N3O5/c1-11-4-5-14(12(2)20-11)26-18(17(23)24)6-8-21(9-7-18)16(22)15-13(3)19-10-25-15/h4-5,10H,6-9H2,1-3H3,(H,23,24). The first-order valence-corrected chi connectivity index (χ1v) is 8.38. The van der Waals surface area contributed by atoms with Gasteiger partial charge in [-0.15, -0.1) is 0 Å². The van der Waals surface area contributed by atoms with E-state index in [0.717, 1.165) is 5.69 Å². The molecule has 1 saturated heterocycles. The number of hydrogen-bond donors (Lipinski definition) is 1. The van der Waals surface area contributed by atoms with Crippen LogP contribution in [-0.2, 0) is 4.79 Å². The van der Waals surface area contributed by atoms with Gasteiger partial charge in [-0.2, -0.15) is 0 Å². The molecule has 1 aliphatic rings. The Kier molecular flexibility index (Phi) is 4.67. The van der Waals surface area contributed by atoms with Crippen LogP contribution >= 0.6 is 0 Å². The highest BCUT2D eigenvalue weighted by atomic mass is 16.5. The van der Waals surface area contributed by atoms with Crippen LogP contribution in [0.4, 0.5) is 0 Å². The number of amides is 1. The predicted molar refractivity (Wildman–Crippen MR) is 91.1 cm³/mol. The molecule has 8 heteroatoms. The lowest BCUT2D eigenvalue weighted by molar-refractivity contribution is -0.159. The van der Waals surface area contributed by atoms with Crippen LogP contribution in [0.15, 0.2) is 22.9 Å². The Morgan fingerprint density at radius 1 is 1.19 bits per heavy atom. The molecule has 0 saturated carbocycles. The molecule has 3 rings (SSSR count). The number of likely N-dealkylation sites (tertiary alicyclic amines) is 1. The van der Waals surface area contributed by atoms with Gasteiger partial charge in [0.2, 0.25) is 11.4 Å². The minimum absolute atomic E-state index is 0.175. The topological polar surface area (TPSA) is 106 Å². The Labute approximate surface area is 150 Å². The van der Waals surface area contributed by atoms with Crippen molar-refractivity contribution in [2.24, 2.45) is 0 Å². The van der Waals surface area contributed by atoms with Gasteiger partial charge in [-0.3, -0.25) is 9.78 Å². The van der Waals surface area contributed by atoms with Crippen molar-refractivity contribution in [3.8, 4) is 5.75 Å². The fraction of sp³-hybridized carbons (Fsp3) is 0.444. The van der Waals surface area contributed by atoms with E-state index in [1.54, 1.807) is 30.9 Å². The zero-order valence-corrected chi connectivity index (χ0v) is 15.0. The quantitative estimate of drug-likeness (QED) is 0.891. The van der Waals surface area contributed by atoms with Crippen molar-refractivity contribution in [3.63, 3.8) is 0 Å². The second kappa shape index (κ2) is 6.78. The van der Waals surface area contributed by atoms with Crippen LogP contribution in [0.1, 0.15) is 40.5 Å². The number of rotatable bonds is 4. The van der Waals surface area contributed by atoms with E-state index in [1.807, 2.05) is 6.92 Å². The van der Waals surface area contributed by atoms with Crippen LogP contribution in [0.2, 0.25) is 0 Å². The number of carbonyl (C=O) groups is 2. The Bertz CT molecular complexity index is 837. The van der Waals surface area contributed by atoms with Crippen molar-refractivity contribution in [1.82, 2.24) is 14.9 Å². The molecule has 0 aliphatic carbocycles. The van der Waals surface area contributed by atoms with Gasteiger partial charge in [0.05, 0.1) is 11.4 Å². The molecule has 0 aromatic carbocycles. The Morgan fingerprint density at radius 3 is 2.42 bits per heavy atom. The lowest BCUT2D eigenvalue weighted by atomic mass is 9.90. The molecule has 2 aromatic rings. The van der Waals surface area contributed by atoms with E-state index < -0.39 is 11.6 Å². The predicted octanol–water partition coefficient (Wildman–Crippen LogP) is 2.13. The van der Waals surface area contributed by atoms with Crippen molar-refractivity contribution in [3.05, 3.63) is 41.4 Å². The van der Waals surface area contributed by atoms with E-state index >= 15 is 0 Å². The molecule has 1 fully saturated rings. The first-order chi connectivity index (χ1) is 12.3. The third kappa shape index (κ3) is 3.26. The van der Waals surface area contributed by atoms with Gasteiger partial charge in [0.25, 0.3) is 5.91 Å². The zero-order valence-electron chi connectivity index (χ0n) is 15.0. The Hall–Kier alpha value is -2.90. The molecule has 0 bridgehead atoms. The molecule has 0 radical (unpaired) electrons. The van der Waals surface area contributed by atoms with Crippen LogP contribution in [-0.4, -0.2) is 50.5 Å². The third-order valence-corrected chi connectivity index (χ3v) is 4.67. The maximum absolute atomic E-state index is 12.5. The normalized spacial score (nSPS) is 16.3.